The summed E-state index contributed by atoms with van der Waals surface area (Å²) in [6.45, 7) is 0. The molecule has 0 unspecified atom stereocenters. The van der Waals surface area contributed by atoms with Crippen LogP contribution in [-0.4, -0.2) is 21.8 Å². The van der Waals surface area contributed by atoms with E-state index < -0.39 is 17.6 Å². The van der Waals surface area contributed by atoms with Crippen LogP contribution in [0.1, 0.15) is 5.56 Å². The van der Waals surface area contributed by atoms with Crippen LogP contribution in [0, 0.1) is 5.82 Å². The molecule has 0 N–H and O–H groups in total. The summed E-state index contributed by atoms with van der Waals surface area (Å²) < 4.78 is 52.7. The Morgan fingerprint density at radius 3 is 2.45 bits per heavy atom. The number of aromatic nitrogens is 1. The Morgan fingerprint density at radius 2 is 1.73 bits per heavy atom. The molecule has 1 nitrogen and oxygen atoms in total. The van der Waals surface area contributed by atoms with Gasteiger partial charge in [-0.25, -0.2) is 0 Å². The Hall–Kier alpha value is -1.87. The Morgan fingerprint density at radius 1 is 0.955 bits per heavy atom. The zero-order chi connectivity index (χ0) is 15.9. The maximum atomic E-state index is 13.5. The molecule has 0 atom stereocenters. The molecule has 0 aliphatic heterocycles. The van der Waals surface area contributed by atoms with Crippen molar-refractivity contribution in [1.82, 2.24) is 4.98 Å². The molecule has 0 bridgehead atoms. The molecular formula is C16H8AsF4N. The summed E-state index contributed by atoms with van der Waals surface area (Å²) in [5.41, 5.74) is 0.0451. The molecule has 0 fully saturated rings. The normalized spacial score (nSPS) is 11.9. The van der Waals surface area contributed by atoms with Crippen molar-refractivity contribution in [2.75, 3.05) is 0 Å². The van der Waals surface area contributed by atoms with Gasteiger partial charge in [0, 0.05) is 0 Å². The van der Waals surface area contributed by atoms with E-state index in [9.17, 15) is 17.6 Å². The van der Waals surface area contributed by atoms with Crippen molar-refractivity contribution >= 4 is 32.1 Å². The zero-order valence-electron chi connectivity index (χ0n) is 11.0. The first-order chi connectivity index (χ1) is 10.3. The van der Waals surface area contributed by atoms with Crippen LogP contribution in [0.25, 0.3) is 22.2 Å². The molecule has 2 radical (unpaired) electrons. The van der Waals surface area contributed by atoms with Crippen LogP contribution in [0.4, 0.5) is 17.6 Å². The van der Waals surface area contributed by atoms with Crippen LogP contribution < -0.4 is 4.35 Å². The molecule has 3 rings (SSSR count). The summed E-state index contributed by atoms with van der Waals surface area (Å²) >= 11 is 2.36. The minimum absolute atomic E-state index is 0.102. The summed E-state index contributed by atoms with van der Waals surface area (Å²) in [6.07, 6.45) is -4.60. The average molecular weight is 365 g/mol. The number of nitrogens with zero attached hydrogens (tertiary/aromatic N) is 1. The first-order valence-corrected chi connectivity index (χ1v) is 7.25. The number of halogens is 4. The number of fused-ring (bicyclic) bond motifs is 1. The molecule has 0 saturated heterocycles. The Balaban J connectivity index is 2.19. The predicted molar refractivity (Wildman–Crippen MR) is 77.5 cm³/mol. The molecule has 0 saturated carbocycles. The van der Waals surface area contributed by atoms with Gasteiger partial charge in [-0.3, -0.25) is 0 Å². The van der Waals surface area contributed by atoms with E-state index in [0.29, 0.717) is 17.3 Å². The van der Waals surface area contributed by atoms with Crippen molar-refractivity contribution in [1.29, 1.82) is 0 Å². The first kappa shape index (κ1) is 15.0. The quantitative estimate of drug-likeness (QED) is 0.472. The second kappa shape index (κ2) is 5.40. The molecule has 0 spiro atoms. The van der Waals surface area contributed by atoms with E-state index in [1.165, 1.54) is 0 Å². The number of benzene rings is 2. The SMILES string of the molecule is Fc1cc(-c2ccc3cccc([As])c3n2)cc(C(F)(F)F)c1. The zero-order valence-corrected chi connectivity index (χ0v) is 12.9. The van der Waals surface area contributed by atoms with Crippen molar-refractivity contribution in [3.05, 3.63) is 59.9 Å². The average Bonchev–Trinajstić information content (AvgIpc) is 2.46. The van der Waals surface area contributed by atoms with Crippen LogP contribution in [0.5, 0.6) is 0 Å². The van der Waals surface area contributed by atoms with E-state index in [2.05, 4.69) is 21.8 Å². The van der Waals surface area contributed by atoms with Gasteiger partial charge in [0.2, 0.25) is 0 Å². The van der Waals surface area contributed by atoms with Gasteiger partial charge in [0.15, 0.2) is 0 Å². The number of hydrogen-bond acceptors (Lipinski definition) is 1. The standard InChI is InChI=1S/C16H8AsF4N/c17-13-3-1-2-9-4-5-14(22-15(9)13)10-6-11(16(19,20)21)8-12(18)7-10/h1-8H. The molecule has 0 aliphatic rings. The van der Waals surface area contributed by atoms with Crippen LogP contribution in [0.2, 0.25) is 0 Å². The van der Waals surface area contributed by atoms with Crippen molar-refractivity contribution in [2.24, 2.45) is 0 Å². The third-order valence-electron chi connectivity index (χ3n) is 3.22. The van der Waals surface area contributed by atoms with E-state index in [1.807, 2.05) is 18.2 Å². The van der Waals surface area contributed by atoms with Crippen molar-refractivity contribution in [3.63, 3.8) is 0 Å². The molecule has 3 aromatic rings. The molecular weight excluding hydrogens is 357 g/mol. The van der Waals surface area contributed by atoms with Crippen LogP contribution in [0.15, 0.2) is 48.5 Å². The Bertz CT molecular complexity index is 858. The number of pyridine rings is 1. The monoisotopic (exact) mass is 365 g/mol. The van der Waals surface area contributed by atoms with Gasteiger partial charge in [-0.2, -0.15) is 0 Å². The summed E-state index contributed by atoms with van der Waals surface area (Å²) in [4.78, 5) is 4.36. The van der Waals surface area contributed by atoms with Gasteiger partial charge < -0.3 is 0 Å². The fourth-order valence-corrected chi connectivity index (χ4v) is 2.75. The third-order valence-corrected chi connectivity index (χ3v) is 3.98. The molecule has 6 heteroatoms. The minimum atomic E-state index is -4.60. The van der Waals surface area contributed by atoms with Gasteiger partial charge in [-0.05, 0) is 0 Å². The van der Waals surface area contributed by atoms with Crippen LogP contribution >= 0.6 is 0 Å². The first-order valence-electron chi connectivity index (χ1n) is 6.31. The number of rotatable bonds is 1. The summed E-state index contributed by atoms with van der Waals surface area (Å²) in [5.74, 6) is -0.938. The molecule has 110 valence electrons. The molecule has 0 amide bonds. The third kappa shape index (κ3) is 2.86. The van der Waals surface area contributed by atoms with E-state index in [4.69, 9.17) is 0 Å². The Kier molecular flexibility index (Phi) is 3.69. The maximum absolute atomic E-state index is 13.5. The summed E-state index contributed by atoms with van der Waals surface area (Å²) in [5, 5.41) is 0.870. The van der Waals surface area contributed by atoms with Gasteiger partial charge in [-0.1, -0.05) is 0 Å². The topological polar surface area (TPSA) is 12.9 Å². The second-order valence-electron chi connectivity index (χ2n) is 4.77. The van der Waals surface area contributed by atoms with E-state index in [0.717, 1.165) is 21.9 Å². The van der Waals surface area contributed by atoms with Crippen LogP contribution in [-0.2, 0) is 6.18 Å². The molecule has 1 heterocycles. The van der Waals surface area contributed by atoms with E-state index in [-0.39, 0.29) is 5.56 Å². The van der Waals surface area contributed by atoms with E-state index in [1.54, 1.807) is 12.1 Å². The van der Waals surface area contributed by atoms with E-state index >= 15 is 0 Å². The van der Waals surface area contributed by atoms with Gasteiger partial charge in [0.05, 0.1) is 0 Å². The molecule has 2 aromatic carbocycles. The van der Waals surface area contributed by atoms with Crippen molar-refractivity contribution < 1.29 is 17.6 Å². The molecule has 0 aliphatic carbocycles. The second-order valence-corrected chi connectivity index (χ2v) is 5.78. The van der Waals surface area contributed by atoms with Gasteiger partial charge in [-0.15, -0.1) is 0 Å². The number of alkyl halides is 3. The van der Waals surface area contributed by atoms with Gasteiger partial charge in [0.1, 0.15) is 0 Å². The molecule has 1 aromatic heterocycles. The summed E-state index contributed by atoms with van der Waals surface area (Å²) in [6, 6.07) is 11.3. The predicted octanol–water partition coefficient (Wildman–Crippen LogP) is 3.85. The van der Waals surface area contributed by atoms with Crippen LogP contribution in [0.3, 0.4) is 0 Å². The fourth-order valence-electron chi connectivity index (χ4n) is 2.19. The molecule has 22 heavy (non-hydrogen) atoms. The van der Waals surface area contributed by atoms with Crippen molar-refractivity contribution in [3.8, 4) is 11.3 Å². The number of para-hydroxylation sites is 1. The fraction of sp³-hybridized carbons (Fsp3) is 0.0625. The Labute approximate surface area is 132 Å². The van der Waals surface area contributed by atoms with Crippen molar-refractivity contribution in [2.45, 2.75) is 6.18 Å². The van der Waals surface area contributed by atoms with Gasteiger partial charge in [0.25, 0.3) is 0 Å². The number of hydrogen-bond donors (Lipinski definition) is 0. The summed E-state index contributed by atoms with van der Waals surface area (Å²) in [7, 11) is 0. The van der Waals surface area contributed by atoms with Gasteiger partial charge >= 0.3 is 132 Å².